The zero-order valence-corrected chi connectivity index (χ0v) is 8.68. The minimum absolute atomic E-state index is 0.463. The van der Waals surface area contributed by atoms with Crippen LogP contribution in [0.1, 0.15) is 10.5 Å². The summed E-state index contributed by atoms with van der Waals surface area (Å²) in [6.07, 6.45) is 0.741. The van der Waals surface area contributed by atoms with Gasteiger partial charge in [0.05, 0.1) is 0 Å². The quantitative estimate of drug-likeness (QED) is 0.732. The minimum Gasteiger partial charge on any atom is -0.296 e. The molecule has 1 heterocycles. The van der Waals surface area contributed by atoms with Gasteiger partial charge in [0, 0.05) is 16.0 Å². The van der Waals surface area contributed by atoms with Gasteiger partial charge in [-0.3, -0.25) is 4.79 Å². The largest absolute Gasteiger partial charge is 0.296 e. The average molecular weight is 224 g/mol. The van der Waals surface area contributed by atoms with Crippen LogP contribution in [-0.4, -0.2) is 11.3 Å². The van der Waals surface area contributed by atoms with Crippen LogP contribution >= 0.6 is 22.9 Å². The summed E-state index contributed by atoms with van der Waals surface area (Å²) in [6, 6.07) is 7.41. The molecule has 0 saturated heterocycles. The smallest absolute Gasteiger partial charge is 0.169 e. The molecule has 0 bridgehead atoms. The number of nitrogens with zero attached hydrogens (tertiary/aromatic N) is 1. The molecular formula is C10H6ClNOS. The third-order valence-corrected chi connectivity index (χ3v) is 2.86. The Morgan fingerprint density at radius 3 is 2.93 bits per heavy atom. The molecule has 0 fully saturated rings. The highest BCUT2D eigenvalue weighted by Gasteiger charge is 2.03. The fraction of sp³-hybridized carbons (Fsp3) is 0. The van der Waals surface area contributed by atoms with E-state index >= 15 is 0 Å². The maximum atomic E-state index is 10.4. The van der Waals surface area contributed by atoms with Crippen LogP contribution in [0.5, 0.6) is 0 Å². The Hall–Kier alpha value is -1.19. The molecule has 1 aromatic heterocycles. The van der Waals surface area contributed by atoms with E-state index in [0.29, 0.717) is 10.7 Å². The normalized spacial score (nSPS) is 10.1. The van der Waals surface area contributed by atoms with Gasteiger partial charge in [0.1, 0.15) is 10.7 Å². The molecular weight excluding hydrogens is 218 g/mol. The molecule has 0 aliphatic heterocycles. The lowest BCUT2D eigenvalue weighted by Gasteiger charge is -1.95. The molecule has 0 N–H and O–H groups in total. The lowest BCUT2D eigenvalue weighted by atomic mass is 10.2. The summed E-state index contributed by atoms with van der Waals surface area (Å²) in [5.41, 5.74) is 1.40. The Balaban J connectivity index is 2.43. The van der Waals surface area contributed by atoms with Crippen molar-refractivity contribution in [3.8, 4) is 10.6 Å². The van der Waals surface area contributed by atoms with Crippen molar-refractivity contribution in [1.82, 2.24) is 4.98 Å². The van der Waals surface area contributed by atoms with Crippen LogP contribution in [0.2, 0.25) is 5.02 Å². The summed E-state index contributed by atoms with van der Waals surface area (Å²) < 4.78 is 0. The van der Waals surface area contributed by atoms with Crippen LogP contribution in [0.25, 0.3) is 10.6 Å². The van der Waals surface area contributed by atoms with Gasteiger partial charge in [0.25, 0.3) is 0 Å². The highest BCUT2D eigenvalue weighted by molar-refractivity contribution is 7.13. The third kappa shape index (κ3) is 1.84. The first-order chi connectivity index (χ1) is 6.79. The van der Waals surface area contributed by atoms with Crippen molar-refractivity contribution in [2.75, 3.05) is 0 Å². The van der Waals surface area contributed by atoms with Crippen LogP contribution in [0.3, 0.4) is 0 Å². The molecule has 2 rings (SSSR count). The summed E-state index contributed by atoms with van der Waals surface area (Å²) in [7, 11) is 0. The van der Waals surface area contributed by atoms with Crippen molar-refractivity contribution in [1.29, 1.82) is 0 Å². The highest BCUT2D eigenvalue weighted by atomic mass is 35.5. The molecule has 2 nitrogen and oxygen atoms in total. The lowest BCUT2D eigenvalue weighted by molar-refractivity contribution is 0.111. The monoisotopic (exact) mass is 223 g/mol. The van der Waals surface area contributed by atoms with E-state index in [4.69, 9.17) is 11.6 Å². The predicted octanol–water partition coefficient (Wildman–Crippen LogP) is 3.28. The number of hydrogen-bond acceptors (Lipinski definition) is 3. The summed E-state index contributed by atoms with van der Waals surface area (Å²) >= 11 is 7.28. The van der Waals surface area contributed by atoms with Gasteiger partial charge in [-0.15, -0.1) is 11.3 Å². The first-order valence-electron chi connectivity index (χ1n) is 3.96. The maximum Gasteiger partial charge on any atom is 0.169 e. The number of carbonyl (C=O) groups is 1. The topological polar surface area (TPSA) is 30.0 Å². The van der Waals surface area contributed by atoms with Crippen molar-refractivity contribution in [3.63, 3.8) is 0 Å². The van der Waals surface area contributed by atoms with Crippen molar-refractivity contribution in [2.24, 2.45) is 0 Å². The average Bonchev–Trinajstić information content (AvgIpc) is 2.66. The Bertz CT molecular complexity index is 467. The van der Waals surface area contributed by atoms with Gasteiger partial charge in [0.2, 0.25) is 0 Å². The Morgan fingerprint density at radius 1 is 1.43 bits per heavy atom. The van der Waals surface area contributed by atoms with Gasteiger partial charge >= 0.3 is 0 Å². The predicted molar refractivity (Wildman–Crippen MR) is 57.9 cm³/mol. The third-order valence-electron chi connectivity index (χ3n) is 1.71. The van der Waals surface area contributed by atoms with Crippen molar-refractivity contribution < 1.29 is 4.79 Å². The fourth-order valence-corrected chi connectivity index (χ4v) is 2.05. The van der Waals surface area contributed by atoms with Crippen molar-refractivity contribution >= 4 is 29.2 Å². The highest BCUT2D eigenvalue weighted by Crippen LogP contribution is 2.25. The summed E-state index contributed by atoms with van der Waals surface area (Å²) in [5.74, 6) is 0. The van der Waals surface area contributed by atoms with Gasteiger partial charge in [-0.2, -0.15) is 0 Å². The second kappa shape index (κ2) is 3.90. The molecule has 2 aromatic rings. The van der Waals surface area contributed by atoms with Gasteiger partial charge < -0.3 is 0 Å². The second-order valence-corrected chi connectivity index (χ2v) is 4.00. The SMILES string of the molecule is O=Cc1csc(-c2cccc(Cl)c2)n1. The zero-order chi connectivity index (χ0) is 9.97. The minimum atomic E-state index is 0.463. The second-order valence-electron chi connectivity index (χ2n) is 2.71. The van der Waals surface area contributed by atoms with E-state index in [0.717, 1.165) is 16.9 Å². The first-order valence-corrected chi connectivity index (χ1v) is 5.22. The number of aldehydes is 1. The summed E-state index contributed by atoms with van der Waals surface area (Å²) in [4.78, 5) is 14.6. The molecule has 70 valence electrons. The van der Waals surface area contributed by atoms with E-state index in [1.165, 1.54) is 11.3 Å². The maximum absolute atomic E-state index is 10.4. The molecule has 1 aromatic carbocycles. The molecule has 14 heavy (non-hydrogen) atoms. The Labute approximate surface area is 90.2 Å². The van der Waals surface area contributed by atoms with Gasteiger partial charge in [0.15, 0.2) is 6.29 Å². The molecule has 4 heteroatoms. The van der Waals surface area contributed by atoms with E-state index in [9.17, 15) is 4.79 Å². The molecule has 0 amide bonds. The van der Waals surface area contributed by atoms with Crippen molar-refractivity contribution in [2.45, 2.75) is 0 Å². The van der Waals surface area contributed by atoms with Gasteiger partial charge in [-0.05, 0) is 12.1 Å². The fourth-order valence-electron chi connectivity index (χ4n) is 1.09. The van der Waals surface area contributed by atoms with Crippen molar-refractivity contribution in [3.05, 3.63) is 40.4 Å². The Morgan fingerprint density at radius 2 is 2.29 bits per heavy atom. The molecule has 0 saturated carbocycles. The number of thiazole rings is 1. The van der Waals surface area contributed by atoms with Crippen LogP contribution in [-0.2, 0) is 0 Å². The number of hydrogen-bond donors (Lipinski definition) is 0. The van der Waals surface area contributed by atoms with E-state index in [1.54, 1.807) is 11.4 Å². The molecule has 0 aliphatic carbocycles. The molecule has 0 radical (unpaired) electrons. The van der Waals surface area contributed by atoms with E-state index < -0.39 is 0 Å². The van der Waals surface area contributed by atoms with Crippen LogP contribution in [0, 0.1) is 0 Å². The molecule has 0 spiro atoms. The Kier molecular flexibility index (Phi) is 2.61. The molecule has 0 unspecified atom stereocenters. The van der Waals surface area contributed by atoms with Gasteiger partial charge in [-0.1, -0.05) is 23.7 Å². The molecule has 0 aliphatic rings. The molecule has 0 atom stereocenters. The number of carbonyl (C=O) groups excluding carboxylic acids is 1. The lowest BCUT2D eigenvalue weighted by Crippen LogP contribution is -1.79. The standard InChI is InChI=1S/C10H6ClNOS/c11-8-3-1-2-7(4-8)10-12-9(5-13)6-14-10/h1-6H. The van der Waals surface area contributed by atoms with Gasteiger partial charge in [-0.25, -0.2) is 4.98 Å². The number of aromatic nitrogens is 1. The van der Waals surface area contributed by atoms with E-state index in [2.05, 4.69) is 4.98 Å². The number of rotatable bonds is 2. The van der Waals surface area contributed by atoms with Crippen LogP contribution < -0.4 is 0 Å². The first kappa shape index (κ1) is 9.37. The van der Waals surface area contributed by atoms with E-state index in [1.807, 2.05) is 18.2 Å². The number of benzene rings is 1. The zero-order valence-electron chi connectivity index (χ0n) is 7.11. The van der Waals surface area contributed by atoms with Crippen LogP contribution in [0.15, 0.2) is 29.6 Å². The summed E-state index contributed by atoms with van der Waals surface area (Å²) in [6.45, 7) is 0. The number of halogens is 1. The van der Waals surface area contributed by atoms with E-state index in [-0.39, 0.29) is 0 Å². The van der Waals surface area contributed by atoms with Crippen LogP contribution in [0.4, 0.5) is 0 Å². The summed E-state index contributed by atoms with van der Waals surface area (Å²) in [5, 5.41) is 3.21.